The molecule has 2 aromatic carbocycles. The van der Waals surface area contributed by atoms with Gasteiger partial charge in [-0.2, -0.15) is 16.8 Å². The van der Waals surface area contributed by atoms with Crippen molar-refractivity contribution >= 4 is 20.8 Å². The molecule has 0 aromatic heterocycles. The van der Waals surface area contributed by atoms with E-state index in [-0.39, 0.29) is 0 Å². The summed E-state index contributed by atoms with van der Waals surface area (Å²) in [5.74, 6) is 10.3. The van der Waals surface area contributed by atoms with Gasteiger partial charge in [0.15, 0.2) is 0 Å². The molecular formula is C16H28N4O8S2. The van der Waals surface area contributed by atoms with Crippen LogP contribution in [0.15, 0.2) is 60.7 Å². The van der Waals surface area contributed by atoms with Crippen LogP contribution >= 0.6 is 0 Å². The van der Waals surface area contributed by atoms with Gasteiger partial charge in [-0.25, -0.2) is 0 Å². The molecule has 0 aliphatic carbocycles. The van der Waals surface area contributed by atoms with E-state index < -0.39 is 20.8 Å². The molecular weight excluding hydrogens is 440 g/mol. The van der Waals surface area contributed by atoms with Crippen molar-refractivity contribution in [3.63, 3.8) is 0 Å². The quantitative estimate of drug-likeness (QED) is 0.160. The number of rotatable bonds is 6. The van der Waals surface area contributed by atoms with Gasteiger partial charge in [0.2, 0.25) is 0 Å². The molecule has 0 bridgehead atoms. The van der Waals surface area contributed by atoms with Gasteiger partial charge in [-0.1, -0.05) is 60.7 Å². The van der Waals surface area contributed by atoms with Gasteiger partial charge in [-0.3, -0.25) is 40.7 Å². The largest absolute Gasteiger partial charge is 0.394 e. The van der Waals surface area contributed by atoms with Gasteiger partial charge in [-0.05, 0) is 24.0 Å². The summed E-state index contributed by atoms with van der Waals surface area (Å²) >= 11 is 0. The zero-order valence-electron chi connectivity index (χ0n) is 16.0. The van der Waals surface area contributed by atoms with Crippen LogP contribution in [0, 0.1) is 0 Å². The Balaban J connectivity index is 0. The highest BCUT2D eigenvalue weighted by molar-refractivity contribution is 7.80. The summed E-state index contributed by atoms with van der Waals surface area (Å²) in [6.07, 6.45) is 1.99. The first-order valence-electron chi connectivity index (χ1n) is 8.21. The SMILES string of the molecule is NNCCc1ccccc1.NNCCc1ccccc1.O=S(=O)(O)O.O=S(=O)(O)O. The maximum absolute atomic E-state index is 8.74. The van der Waals surface area contributed by atoms with Gasteiger partial charge in [0.1, 0.15) is 0 Å². The fraction of sp³-hybridized carbons (Fsp3) is 0.250. The average Bonchev–Trinajstić information content (AvgIpc) is 2.64. The van der Waals surface area contributed by atoms with Crippen LogP contribution < -0.4 is 22.5 Å². The Labute approximate surface area is 176 Å². The first kappa shape index (κ1) is 30.2. The molecule has 0 atom stereocenters. The van der Waals surface area contributed by atoms with Gasteiger partial charge < -0.3 is 0 Å². The average molecular weight is 469 g/mol. The Bertz CT molecular complexity index is 762. The van der Waals surface area contributed by atoms with Gasteiger partial charge in [0.25, 0.3) is 0 Å². The molecule has 10 N–H and O–H groups in total. The molecule has 0 spiro atoms. The minimum atomic E-state index is -4.67. The Morgan fingerprint density at radius 1 is 0.600 bits per heavy atom. The highest BCUT2D eigenvalue weighted by Crippen LogP contribution is 1.98. The van der Waals surface area contributed by atoms with Gasteiger partial charge >= 0.3 is 20.8 Å². The van der Waals surface area contributed by atoms with Crippen LogP contribution in [0.5, 0.6) is 0 Å². The Kier molecular flexibility index (Phi) is 18.0. The van der Waals surface area contributed by atoms with E-state index in [1.807, 2.05) is 36.4 Å². The third-order valence-corrected chi connectivity index (χ3v) is 2.80. The molecule has 0 unspecified atom stereocenters. The fourth-order valence-electron chi connectivity index (χ4n) is 1.72. The third-order valence-electron chi connectivity index (χ3n) is 2.80. The second kappa shape index (κ2) is 17.8. The van der Waals surface area contributed by atoms with Crippen molar-refractivity contribution in [1.82, 2.24) is 10.9 Å². The molecule has 0 heterocycles. The smallest absolute Gasteiger partial charge is 0.271 e. The van der Waals surface area contributed by atoms with Gasteiger partial charge in [-0.15, -0.1) is 0 Å². The third kappa shape index (κ3) is 33.6. The molecule has 0 radical (unpaired) electrons. The number of hydrogen-bond donors (Lipinski definition) is 8. The molecule has 14 heteroatoms. The van der Waals surface area contributed by atoms with E-state index in [4.69, 9.17) is 46.7 Å². The molecule has 0 saturated heterocycles. The van der Waals surface area contributed by atoms with Crippen molar-refractivity contribution in [2.75, 3.05) is 13.1 Å². The summed E-state index contributed by atoms with van der Waals surface area (Å²) in [5.41, 5.74) is 7.87. The summed E-state index contributed by atoms with van der Waals surface area (Å²) in [6, 6.07) is 20.5. The topological polar surface area (TPSA) is 225 Å². The van der Waals surface area contributed by atoms with Crippen molar-refractivity contribution in [3.05, 3.63) is 71.8 Å². The number of benzene rings is 2. The molecule has 2 aromatic rings. The second-order valence-electron chi connectivity index (χ2n) is 5.28. The van der Waals surface area contributed by atoms with Crippen molar-refractivity contribution in [2.45, 2.75) is 12.8 Å². The maximum atomic E-state index is 8.74. The van der Waals surface area contributed by atoms with E-state index in [9.17, 15) is 0 Å². The van der Waals surface area contributed by atoms with Crippen LogP contribution in [0.2, 0.25) is 0 Å². The number of nitrogens with one attached hydrogen (secondary N) is 2. The lowest BCUT2D eigenvalue weighted by Gasteiger charge is -1.97. The van der Waals surface area contributed by atoms with Crippen molar-refractivity contribution < 1.29 is 35.0 Å². The summed E-state index contributed by atoms with van der Waals surface area (Å²) < 4.78 is 63.2. The highest BCUT2D eigenvalue weighted by Gasteiger charge is 1.88. The van der Waals surface area contributed by atoms with Crippen LogP contribution in [-0.4, -0.2) is 48.1 Å². The minimum Gasteiger partial charge on any atom is -0.271 e. The molecule has 2 rings (SSSR count). The summed E-state index contributed by atoms with van der Waals surface area (Å²) in [4.78, 5) is 0. The lowest BCUT2D eigenvalue weighted by molar-refractivity contribution is 0.378. The predicted octanol–water partition coefficient (Wildman–Crippen LogP) is 0.0792. The van der Waals surface area contributed by atoms with E-state index in [0.717, 1.165) is 25.9 Å². The number of hydrogen-bond acceptors (Lipinski definition) is 8. The van der Waals surface area contributed by atoms with E-state index in [2.05, 4.69) is 35.1 Å². The Morgan fingerprint density at radius 2 is 0.833 bits per heavy atom. The van der Waals surface area contributed by atoms with Gasteiger partial charge in [0, 0.05) is 13.1 Å². The van der Waals surface area contributed by atoms with Gasteiger partial charge in [0.05, 0.1) is 0 Å². The lowest BCUT2D eigenvalue weighted by atomic mass is 10.2. The van der Waals surface area contributed by atoms with Crippen LogP contribution in [0.4, 0.5) is 0 Å². The summed E-state index contributed by atoms with van der Waals surface area (Å²) in [5, 5.41) is 0. The van der Waals surface area contributed by atoms with E-state index in [1.54, 1.807) is 0 Å². The normalized spacial score (nSPS) is 10.3. The first-order valence-corrected chi connectivity index (χ1v) is 11.0. The molecule has 30 heavy (non-hydrogen) atoms. The zero-order chi connectivity index (χ0) is 23.5. The fourth-order valence-corrected chi connectivity index (χ4v) is 1.72. The molecule has 12 nitrogen and oxygen atoms in total. The zero-order valence-corrected chi connectivity index (χ0v) is 17.6. The number of hydrazine groups is 2. The van der Waals surface area contributed by atoms with E-state index >= 15 is 0 Å². The van der Waals surface area contributed by atoms with Crippen molar-refractivity contribution in [1.29, 1.82) is 0 Å². The molecule has 172 valence electrons. The van der Waals surface area contributed by atoms with Crippen molar-refractivity contribution in [3.8, 4) is 0 Å². The van der Waals surface area contributed by atoms with Crippen LogP contribution in [-0.2, 0) is 33.6 Å². The van der Waals surface area contributed by atoms with E-state index in [0.29, 0.717) is 0 Å². The van der Waals surface area contributed by atoms with Crippen LogP contribution in [0.3, 0.4) is 0 Å². The summed E-state index contributed by atoms with van der Waals surface area (Å²) in [7, 11) is -9.33. The molecule has 0 amide bonds. The minimum absolute atomic E-state index is 0.837. The van der Waals surface area contributed by atoms with Crippen molar-refractivity contribution in [2.24, 2.45) is 11.7 Å². The second-order valence-corrected chi connectivity index (χ2v) is 7.07. The summed E-state index contributed by atoms with van der Waals surface area (Å²) in [6.45, 7) is 1.67. The lowest BCUT2D eigenvalue weighted by Crippen LogP contribution is -2.24. The Hall–Kier alpha value is -1.98. The number of nitrogens with two attached hydrogens (primary N) is 2. The Morgan fingerprint density at radius 3 is 1.03 bits per heavy atom. The van der Waals surface area contributed by atoms with Crippen LogP contribution in [0.1, 0.15) is 11.1 Å². The first-order chi connectivity index (χ1) is 13.9. The predicted molar refractivity (Wildman–Crippen MR) is 113 cm³/mol. The molecule has 0 aliphatic rings. The van der Waals surface area contributed by atoms with Crippen LogP contribution in [0.25, 0.3) is 0 Å². The standard InChI is InChI=1S/2C8H12N2.2H2O4S/c2*9-10-7-6-8-4-2-1-3-5-8;2*1-5(2,3)4/h2*1-5,10H,6-7,9H2;2*(H2,1,2,3,4). The molecule has 0 fully saturated rings. The highest BCUT2D eigenvalue weighted by atomic mass is 32.3. The molecule has 0 saturated carbocycles. The monoisotopic (exact) mass is 468 g/mol. The maximum Gasteiger partial charge on any atom is 0.394 e. The van der Waals surface area contributed by atoms with E-state index in [1.165, 1.54) is 11.1 Å². The molecule has 0 aliphatic heterocycles.